The van der Waals surface area contributed by atoms with Gasteiger partial charge in [-0.25, -0.2) is 4.39 Å². The molecule has 7 nitrogen and oxygen atoms in total. The number of amides is 2. The molecule has 0 bridgehead atoms. The van der Waals surface area contributed by atoms with Crippen molar-refractivity contribution in [2.24, 2.45) is 7.05 Å². The normalized spacial score (nSPS) is 13.6. The number of fused-ring (bicyclic) bond motifs is 1. The summed E-state index contributed by atoms with van der Waals surface area (Å²) in [5.41, 5.74) is 3.42. The van der Waals surface area contributed by atoms with Gasteiger partial charge in [0.05, 0.1) is 23.8 Å². The maximum Gasteiger partial charge on any atom is 0.294 e. The molecule has 0 unspecified atom stereocenters. The first-order valence-corrected chi connectivity index (χ1v) is 11.4. The van der Waals surface area contributed by atoms with E-state index in [1.54, 1.807) is 47.0 Å². The van der Waals surface area contributed by atoms with Gasteiger partial charge in [0, 0.05) is 51.9 Å². The number of ether oxygens (including phenoxy) is 1. The molecule has 35 heavy (non-hydrogen) atoms. The summed E-state index contributed by atoms with van der Waals surface area (Å²) in [4.78, 5) is 41.6. The van der Waals surface area contributed by atoms with Crippen molar-refractivity contribution in [3.63, 3.8) is 0 Å². The van der Waals surface area contributed by atoms with Crippen molar-refractivity contribution in [2.45, 2.75) is 12.8 Å². The number of carbonyl (C=O) groups excluding carboxylic acids is 3. The summed E-state index contributed by atoms with van der Waals surface area (Å²) in [6.45, 7) is 1.07. The fourth-order valence-corrected chi connectivity index (χ4v) is 4.35. The van der Waals surface area contributed by atoms with E-state index in [1.165, 1.54) is 43.8 Å². The van der Waals surface area contributed by atoms with Crippen molar-refractivity contribution in [3.8, 4) is 5.75 Å². The zero-order valence-electron chi connectivity index (χ0n) is 20.3. The Morgan fingerprint density at radius 1 is 1.03 bits per heavy atom. The highest BCUT2D eigenvalue weighted by Crippen LogP contribution is 2.32. The first kappa shape index (κ1) is 24.2. The van der Waals surface area contributed by atoms with Crippen LogP contribution < -0.4 is 4.74 Å². The molecule has 2 heterocycles. The molecule has 182 valence electrons. The molecule has 0 saturated carbocycles. The molecule has 2 amide bonds. The van der Waals surface area contributed by atoms with Gasteiger partial charge in [0.15, 0.2) is 0 Å². The Balaban J connectivity index is 1.61. The van der Waals surface area contributed by atoms with Crippen LogP contribution in [0.25, 0.3) is 17.0 Å². The van der Waals surface area contributed by atoms with Crippen LogP contribution in [0.3, 0.4) is 0 Å². The molecule has 0 atom stereocenters. The number of likely N-dealkylation sites (tertiary alicyclic amines) is 1. The topological polar surface area (TPSA) is 71.8 Å². The van der Waals surface area contributed by atoms with Gasteiger partial charge in [-0.15, -0.1) is 0 Å². The van der Waals surface area contributed by atoms with Crippen LogP contribution in [-0.4, -0.2) is 66.3 Å². The predicted octanol–water partition coefficient (Wildman–Crippen LogP) is 3.92. The lowest BCUT2D eigenvalue weighted by atomic mass is 9.99. The number of hydrogen-bond acceptors (Lipinski definition) is 4. The fourth-order valence-electron chi connectivity index (χ4n) is 4.35. The molecule has 2 aromatic carbocycles. The highest BCUT2D eigenvalue weighted by atomic mass is 19.1. The number of ketones is 1. The standard InChI is InChI=1S/C27H28FN3O4/c1-29(2)27(34)25(32)22-16-30(3)23-15-24(35-4)21(14-20(22)23)26(33)31-11-9-18(10-12-31)13-17-5-7-19(28)8-6-17/h5-8,13-16H,9-12H2,1-4H3. The number of Topliss-reactive ketones (excluding diaryl/α,β-unsaturated/α-hetero) is 1. The Hall–Kier alpha value is -3.94. The average Bonchev–Trinajstić information content (AvgIpc) is 3.19. The van der Waals surface area contributed by atoms with Crippen molar-refractivity contribution in [1.29, 1.82) is 0 Å². The number of aromatic nitrogens is 1. The molecule has 1 fully saturated rings. The van der Waals surface area contributed by atoms with Gasteiger partial charge >= 0.3 is 0 Å². The molecule has 0 spiro atoms. The van der Waals surface area contributed by atoms with Gasteiger partial charge in [0.2, 0.25) is 0 Å². The van der Waals surface area contributed by atoms with Crippen molar-refractivity contribution in [3.05, 3.63) is 70.7 Å². The number of aryl methyl sites for hydroxylation is 1. The molecule has 8 heteroatoms. The summed E-state index contributed by atoms with van der Waals surface area (Å²) in [5, 5.41) is 0.533. The fraction of sp³-hybridized carbons (Fsp3) is 0.296. The number of methoxy groups -OCH3 is 1. The maximum atomic E-state index is 13.5. The highest BCUT2D eigenvalue weighted by molar-refractivity contribution is 6.44. The van der Waals surface area contributed by atoms with Crippen LogP contribution in [0.15, 0.2) is 48.2 Å². The highest BCUT2D eigenvalue weighted by Gasteiger charge is 2.27. The van der Waals surface area contributed by atoms with Crippen LogP contribution in [0.2, 0.25) is 0 Å². The van der Waals surface area contributed by atoms with E-state index >= 15 is 0 Å². The first-order chi connectivity index (χ1) is 16.7. The van der Waals surface area contributed by atoms with Crippen LogP contribution in [-0.2, 0) is 11.8 Å². The number of benzene rings is 2. The first-order valence-electron chi connectivity index (χ1n) is 11.4. The monoisotopic (exact) mass is 477 g/mol. The lowest BCUT2D eigenvalue weighted by Crippen LogP contribution is -2.36. The Bertz CT molecular complexity index is 1330. The van der Waals surface area contributed by atoms with Crippen LogP contribution in [0.5, 0.6) is 5.75 Å². The smallest absolute Gasteiger partial charge is 0.294 e. The second-order valence-electron chi connectivity index (χ2n) is 8.90. The summed E-state index contributed by atoms with van der Waals surface area (Å²) in [6.07, 6.45) is 5.06. The third kappa shape index (κ3) is 4.82. The van der Waals surface area contributed by atoms with Gasteiger partial charge in [-0.1, -0.05) is 23.8 Å². The molecule has 0 aliphatic carbocycles. The summed E-state index contributed by atoms with van der Waals surface area (Å²) in [5.74, 6) is -1.30. The van der Waals surface area contributed by atoms with E-state index in [1.807, 2.05) is 6.08 Å². The van der Waals surface area contributed by atoms with E-state index in [-0.39, 0.29) is 17.3 Å². The Labute approximate surface area is 203 Å². The number of rotatable bonds is 5. The number of halogens is 1. The Kier molecular flexibility index (Phi) is 6.73. The van der Waals surface area contributed by atoms with Crippen molar-refractivity contribution in [2.75, 3.05) is 34.3 Å². The lowest BCUT2D eigenvalue weighted by Gasteiger charge is -2.29. The van der Waals surface area contributed by atoms with Crippen molar-refractivity contribution in [1.82, 2.24) is 14.4 Å². The van der Waals surface area contributed by atoms with E-state index in [4.69, 9.17) is 4.74 Å². The van der Waals surface area contributed by atoms with E-state index in [0.29, 0.717) is 48.1 Å². The van der Waals surface area contributed by atoms with Gasteiger partial charge < -0.3 is 19.1 Å². The third-order valence-electron chi connectivity index (χ3n) is 6.32. The minimum absolute atomic E-state index is 0.189. The Morgan fingerprint density at radius 3 is 2.29 bits per heavy atom. The molecule has 0 radical (unpaired) electrons. The molecular formula is C27H28FN3O4. The molecule has 3 aromatic rings. The number of carbonyl (C=O) groups is 3. The second kappa shape index (κ2) is 9.74. The average molecular weight is 478 g/mol. The number of piperidine rings is 1. The van der Waals surface area contributed by atoms with Crippen molar-refractivity contribution < 1.29 is 23.5 Å². The van der Waals surface area contributed by atoms with Gasteiger partial charge in [0.25, 0.3) is 17.6 Å². The minimum atomic E-state index is -0.627. The molecule has 1 aliphatic rings. The van der Waals surface area contributed by atoms with E-state index < -0.39 is 11.7 Å². The number of nitrogens with zero attached hydrogens (tertiary/aromatic N) is 3. The second-order valence-corrected chi connectivity index (χ2v) is 8.90. The maximum absolute atomic E-state index is 13.5. The third-order valence-corrected chi connectivity index (χ3v) is 6.32. The minimum Gasteiger partial charge on any atom is -0.496 e. The molecular weight excluding hydrogens is 449 g/mol. The zero-order chi connectivity index (χ0) is 25.3. The van der Waals surface area contributed by atoms with Crippen molar-refractivity contribution >= 4 is 34.6 Å². The molecule has 1 aliphatic heterocycles. The zero-order valence-corrected chi connectivity index (χ0v) is 20.3. The van der Waals surface area contributed by atoms with Gasteiger partial charge in [-0.3, -0.25) is 14.4 Å². The number of hydrogen-bond donors (Lipinski definition) is 0. The van der Waals surface area contributed by atoms with Crippen LogP contribution in [0.1, 0.15) is 39.1 Å². The van der Waals surface area contributed by atoms with E-state index in [0.717, 1.165) is 5.56 Å². The lowest BCUT2D eigenvalue weighted by molar-refractivity contribution is -0.124. The molecule has 4 rings (SSSR count). The van der Waals surface area contributed by atoms with Crippen LogP contribution >= 0.6 is 0 Å². The summed E-state index contributed by atoms with van der Waals surface area (Å²) in [6, 6.07) is 9.71. The van der Waals surface area contributed by atoms with E-state index in [2.05, 4.69) is 0 Å². The summed E-state index contributed by atoms with van der Waals surface area (Å²) in [7, 11) is 6.33. The van der Waals surface area contributed by atoms with E-state index in [9.17, 15) is 18.8 Å². The van der Waals surface area contributed by atoms with Gasteiger partial charge in [-0.05, 0) is 36.6 Å². The van der Waals surface area contributed by atoms with Gasteiger partial charge in [-0.2, -0.15) is 0 Å². The largest absolute Gasteiger partial charge is 0.496 e. The molecule has 0 N–H and O–H groups in total. The Morgan fingerprint density at radius 2 is 1.69 bits per heavy atom. The van der Waals surface area contributed by atoms with Gasteiger partial charge in [0.1, 0.15) is 11.6 Å². The molecule has 1 saturated heterocycles. The predicted molar refractivity (Wildman–Crippen MR) is 132 cm³/mol. The number of likely N-dealkylation sites (N-methyl/N-ethyl adjacent to an activating group) is 1. The summed E-state index contributed by atoms with van der Waals surface area (Å²) >= 11 is 0. The SMILES string of the molecule is COc1cc2c(cc1C(=O)N1CCC(=Cc3ccc(F)cc3)CC1)c(C(=O)C(=O)N(C)C)cn2C. The van der Waals surface area contributed by atoms with Crippen LogP contribution in [0, 0.1) is 5.82 Å². The summed E-state index contributed by atoms with van der Waals surface area (Å²) < 4.78 is 20.4. The quantitative estimate of drug-likeness (QED) is 0.413. The van der Waals surface area contributed by atoms with Crippen LogP contribution in [0.4, 0.5) is 4.39 Å². The molecule has 1 aromatic heterocycles.